The van der Waals surface area contributed by atoms with Crippen LogP contribution in [-0.4, -0.2) is 24.1 Å². The Hall–Kier alpha value is -1.82. The first-order chi connectivity index (χ1) is 8.13. The van der Waals surface area contributed by atoms with Gasteiger partial charge in [-0.05, 0) is 19.1 Å². The van der Waals surface area contributed by atoms with E-state index >= 15 is 0 Å². The van der Waals surface area contributed by atoms with Crippen LogP contribution in [0.4, 0.5) is 11.4 Å². The molecular formula is C11H13N3O2S. The van der Waals surface area contributed by atoms with E-state index in [0.717, 1.165) is 10.2 Å². The monoisotopic (exact) mass is 251 g/mol. The van der Waals surface area contributed by atoms with E-state index in [0.29, 0.717) is 11.4 Å². The number of ether oxygens (including phenoxy) is 1. The van der Waals surface area contributed by atoms with E-state index in [1.54, 1.807) is 12.4 Å². The normalized spacial score (nSPS) is 12.4. The van der Waals surface area contributed by atoms with Crippen LogP contribution in [0, 0.1) is 0 Å². The summed E-state index contributed by atoms with van der Waals surface area (Å²) in [5, 5.41) is 3.01. The lowest BCUT2D eigenvalue weighted by Crippen LogP contribution is -2.27. The van der Waals surface area contributed by atoms with E-state index in [9.17, 15) is 4.79 Å². The summed E-state index contributed by atoms with van der Waals surface area (Å²) < 4.78 is 5.67. The molecule has 0 saturated heterocycles. The highest BCUT2D eigenvalue weighted by molar-refractivity contribution is 7.16. The van der Waals surface area contributed by atoms with Gasteiger partial charge in [0.25, 0.3) is 0 Å². The largest absolute Gasteiger partial charge is 0.467 e. The maximum Gasteiger partial charge on any atom is 0.327 e. The first kappa shape index (κ1) is 11.7. The van der Waals surface area contributed by atoms with Crippen molar-refractivity contribution in [3.63, 3.8) is 0 Å². The van der Waals surface area contributed by atoms with Gasteiger partial charge in [0.2, 0.25) is 0 Å². The summed E-state index contributed by atoms with van der Waals surface area (Å²) in [7, 11) is 1.35. The van der Waals surface area contributed by atoms with Crippen molar-refractivity contribution in [2.45, 2.75) is 13.0 Å². The Labute approximate surface area is 103 Å². The van der Waals surface area contributed by atoms with Crippen molar-refractivity contribution < 1.29 is 9.53 Å². The molecule has 0 aliphatic rings. The third kappa shape index (κ3) is 2.16. The zero-order chi connectivity index (χ0) is 12.4. The molecule has 0 spiro atoms. The molecule has 6 heteroatoms. The number of methoxy groups -OCH3 is 1. The molecule has 0 radical (unpaired) electrons. The average Bonchev–Trinajstić information content (AvgIpc) is 2.80. The minimum atomic E-state index is -0.446. The first-order valence-electron chi connectivity index (χ1n) is 5.09. The number of fused-ring (bicyclic) bond motifs is 1. The fourth-order valence-electron chi connectivity index (χ4n) is 1.55. The number of nitrogen functional groups attached to an aromatic ring is 1. The second-order valence-corrected chi connectivity index (χ2v) is 4.50. The summed E-state index contributed by atoms with van der Waals surface area (Å²) >= 11 is 1.53. The Morgan fingerprint density at radius 1 is 1.59 bits per heavy atom. The maximum atomic E-state index is 11.3. The number of nitrogens with two attached hydrogens (primary N) is 1. The third-order valence-corrected chi connectivity index (χ3v) is 3.26. The van der Waals surface area contributed by atoms with Gasteiger partial charge in [-0.15, -0.1) is 11.3 Å². The zero-order valence-electron chi connectivity index (χ0n) is 9.56. The number of carbonyl (C=O) groups excluding carboxylic acids is 1. The summed E-state index contributed by atoms with van der Waals surface area (Å²) in [6, 6.07) is 3.32. The Bertz CT molecular complexity index is 553. The summed E-state index contributed by atoms with van der Waals surface area (Å²) in [5.41, 5.74) is 9.74. The molecule has 1 atom stereocenters. The van der Waals surface area contributed by atoms with Gasteiger partial charge in [-0.2, -0.15) is 0 Å². The minimum absolute atomic E-state index is 0.331. The molecule has 90 valence electrons. The van der Waals surface area contributed by atoms with Crippen molar-refractivity contribution in [1.29, 1.82) is 0 Å². The second-order valence-electron chi connectivity index (χ2n) is 3.62. The topological polar surface area (TPSA) is 77.2 Å². The van der Waals surface area contributed by atoms with Crippen molar-refractivity contribution in [2.24, 2.45) is 0 Å². The molecule has 0 saturated carbocycles. The van der Waals surface area contributed by atoms with Crippen molar-refractivity contribution in [3.05, 3.63) is 17.6 Å². The van der Waals surface area contributed by atoms with Crippen LogP contribution in [0.25, 0.3) is 10.2 Å². The lowest BCUT2D eigenvalue weighted by Gasteiger charge is -2.14. The average molecular weight is 251 g/mol. The van der Waals surface area contributed by atoms with E-state index in [2.05, 4.69) is 15.0 Å². The Kier molecular flexibility index (Phi) is 3.14. The lowest BCUT2D eigenvalue weighted by molar-refractivity contribution is -0.141. The van der Waals surface area contributed by atoms with Crippen LogP contribution in [0.15, 0.2) is 17.6 Å². The van der Waals surface area contributed by atoms with Gasteiger partial charge in [0, 0.05) is 0 Å². The number of thiazole rings is 1. The standard InChI is InChI=1S/C11H13N3O2S/c1-6(11(15)16-2)14-7-3-4-8-10(9(7)12)13-5-17-8/h3-6,14H,12H2,1-2H3. The van der Waals surface area contributed by atoms with Gasteiger partial charge in [-0.3, -0.25) is 0 Å². The summed E-state index contributed by atoms with van der Waals surface area (Å²) in [6.07, 6.45) is 0. The van der Waals surface area contributed by atoms with Gasteiger partial charge in [-0.25, -0.2) is 9.78 Å². The van der Waals surface area contributed by atoms with Gasteiger partial charge >= 0.3 is 5.97 Å². The van der Waals surface area contributed by atoms with E-state index in [-0.39, 0.29) is 5.97 Å². The number of rotatable bonds is 3. The van der Waals surface area contributed by atoms with Gasteiger partial charge in [0.15, 0.2) is 0 Å². The lowest BCUT2D eigenvalue weighted by atomic mass is 10.2. The Morgan fingerprint density at radius 3 is 3.06 bits per heavy atom. The Morgan fingerprint density at radius 2 is 2.35 bits per heavy atom. The van der Waals surface area contributed by atoms with Crippen LogP contribution in [0.1, 0.15) is 6.92 Å². The van der Waals surface area contributed by atoms with Crippen molar-refractivity contribution >= 4 is 38.9 Å². The number of carbonyl (C=O) groups is 1. The van der Waals surface area contributed by atoms with Crippen LogP contribution in [0.2, 0.25) is 0 Å². The van der Waals surface area contributed by atoms with Crippen molar-refractivity contribution in [1.82, 2.24) is 4.98 Å². The predicted molar refractivity (Wildman–Crippen MR) is 69.1 cm³/mol. The highest BCUT2D eigenvalue weighted by Gasteiger charge is 2.15. The number of hydrogen-bond donors (Lipinski definition) is 2. The number of benzene rings is 1. The second kappa shape index (κ2) is 4.58. The molecule has 3 N–H and O–H groups in total. The molecule has 1 aromatic carbocycles. The fraction of sp³-hybridized carbons (Fsp3) is 0.273. The summed E-state index contributed by atoms with van der Waals surface area (Å²) in [6.45, 7) is 1.72. The fourth-order valence-corrected chi connectivity index (χ4v) is 2.24. The summed E-state index contributed by atoms with van der Waals surface area (Å²) in [4.78, 5) is 15.5. The molecule has 0 aliphatic heterocycles. The molecule has 1 heterocycles. The van der Waals surface area contributed by atoms with E-state index in [1.165, 1.54) is 18.4 Å². The molecule has 1 aromatic heterocycles. The van der Waals surface area contributed by atoms with Crippen LogP contribution in [-0.2, 0) is 9.53 Å². The third-order valence-electron chi connectivity index (χ3n) is 2.47. The maximum absolute atomic E-state index is 11.3. The van der Waals surface area contributed by atoms with Crippen LogP contribution >= 0.6 is 11.3 Å². The number of nitrogens with zero attached hydrogens (tertiary/aromatic N) is 1. The number of aromatic nitrogens is 1. The molecule has 2 rings (SSSR count). The van der Waals surface area contributed by atoms with Crippen LogP contribution in [0.3, 0.4) is 0 Å². The van der Waals surface area contributed by atoms with Crippen LogP contribution in [0.5, 0.6) is 0 Å². The molecule has 0 fully saturated rings. The molecule has 0 amide bonds. The number of anilines is 2. The van der Waals surface area contributed by atoms with Crippen molar-refractivity contribution in [3.8, 4) is 0 Å². The molecule has 2 aromatic rings. The molecular weight excluding hydrogens is 238 g/mol. The van der Waals surface area contributed by atoms with Crippen LogP contribution < -0.4 is 11.1 Å². The highest BCUT2D eigenvalue weighted by Crippen LogP contribution is 2.30. The predicted octanol–water partition coefficient (Wildman–Crippen LogP) is 1.85. The van der Waals surface area contributed by atoms with E-state index < -0.39 is 6.04 Å². The molecule has 0 aliphatic carbocycles. The molecule has 0 bridgehead atoms. The smallest absolute Gasteiger partial charge is 0.327 e. The van der Waals surface area contributed by atoms with Gasteiger partial charge in [-0.1, -0.05) is 0 Å². The number of esters is 1. The highest BCUT2D eigenvalue weighted by atomic mass is 32.1. The quantitative estimate of drug-likeness (QED) is 0.643. The van der Waals surface area contributed by atoms with E-state index in [1.807, 2.05) is 12.1 Å². The minimum Gasteiger partial charge on any atom is -0.467 e. The van der Waals surface area contributed by atoms with Crippen molar-refractivity contribution in [2.75, 3.05) is 18.2 Å². The summed E-state index contributed by atoms with van der Waals surface area (Å²) in [5.74, 6) is -0.331. The molecule has 17 heavy (non-hydrogen) atoms. The molecule has 5 nitrogen and oxygen atoms in total. The molecule has 1 unspecified atom stereocenters. The SMILES string of the molecule is COC(=O)C(C)Nc1ccc2scnc2c1N. The Balaban J connectivity index is 2.30. The first-order valence-corrected chi connectivity index (χ1v) is 5.97. The zero-order valence-corrected chi connectivity index (χ0v) is 10.4. The number of nitrogens with one attached hydrogen (secondary N) is 1. The van der Waals surface area contributed by atoms with E-state index in [4.69, 9.17) is 5.73 Å². The van der Waals surface area contributed by atoms with Gasteiger partial charge in [0.05, 0.1) is 28.7 Å². The van der Waals surface area contributed by atoms with Gasteiger partial charge < -0.3 is 15.8 Å². The number of hydrogen-bond acceptors (Lipinski definition) is 6. The van der Waals surface area contributed by atoms with Gasteiger partial charge in [0.1, 0.15) is 11.6 Å².